The lowest BCUT2D eigenvalue weighted by molar-refractivity contribution is 0.174. The van der Waals surface area contributed by atoms with Crippen LogP contribution in [-0.2, 0) is 6.54 Å². The molecule has 1 aliphatic rings. The number of halogens is 1. The lowest BCUT2D eigenvalue weighted by atomic mass is 10.2. The van der Waals surface area contributed by atoms with Gasteiger partial charge in [0.05, 0.1) is 6.54 Å². The van der Waals surface area contributed by atoms with Crippen LogP contribution in [0.1, 0.15) is 17.0 Å². The van der Waals surface area contributed by atoms with Crippen molar-refractivity contribution in [1.82, 2.24) is 15.3 Å². The molecule has 0 unspecified atom stereocenters. The van der Waals surface area contributed by atoms with Crippen molar-refractivity contribution in [3.05, 3.63) is 70.5 Å². The molecule has 0 saturated heterocycles. The van der Waals surface area contributed by atoms with Crippen LogP contribution in [-0.4, -0.2) is 28.8 Å². The zero-order valence-corrected chi connectivity index (χ0v) is 18.2. The number of hydrogen-bond acceptors (Lipinski definition) is 6. The van der Waals surface area contributed by atoms with Gasteiger partial charge in [0.25, 0.3) is 0 Å². The van der Waals surface area contributed by atoms with E-state index in [1.807, 2.05) is 38.1 Å². The van der Waals surface area contributed by atoms with E-state index < -0.39 is 6.03 Å². The fourth-order valence-electron chi connectivity index (χ4n) is 3.01. The second-order valence-corrected chi connectivity index (χ2v) is 7.47. The standard InChI is InChI=1S/C22H21ClN6O3/c1-13-9-14(2)26-21(25-13)28-20(29-22(30)27-17-6-4-16(23)5-7-17)24-11-15-3-8-18-19(10-15)32-12-31-18/h3-10H,11-12H2,1-2H3,(H3,24,25,26,27,28,29,30). The summed E-state index contributed by atoms with van der Waals surface area (Å²) in [4.78, 5) is 25.8. The molecule has 9 nitrogen and oxygen atoms in total. The summed E-state index contributed by atoms with van der Waals surface area (Å²) in [6.07, 6.45) is 0. The smallest absolute Gasteiger partial charge is 0.326 e. The SMILES string of the molecule is Cc1cc(C)nc(NC(=NCc2ccc3c(c2)OCO3)NC(=O)Nc2ccc(Cl)cc2)n1. The molecule has 2 aromatic carbocycles. The van der Waals surface area contributed by atoms with E-state index in [1.54, 1.807) is 24.3 Å². The van der Waals surface area contributed by atoms with E-state index in [1.165, 1.54) is 0 Å². The first-order chi connectivity index (χ1) is 15.4. The van der Waals surface area contributed by atoms with Gasteiger partial charge in [-0.15, -0.1) is 0 Å². The van der Waals surface area contributed by atoms with Crippen LogP contribution in [0.5, 0.6) is 11.5 Å². The Morgan fingerprint density at radius 3 is 2.47 bits per heavy atom. The van der Waals surface area contributed by atoms with Gasteiger partial charge in [-0.25, -0.2) is 19.8 Å². The van der Waals surface area contributed by atoms with Crippen molar-refractivity contribution in [3.63, 3.8) is 0 Å². The Bertz CT molecular complexity index is 1150. The van der Waals surface area contributed by atoms with E-state index >= 15 is 0 Å². The van der Waals surface area contributed by atoms with Gasteiger partial charge in [-0.1, -0.05) is 17.7 Å². The van der Waals surface area contributed by atoms with Crippen LogP contribution in [0.15, 0.2) is 53.5 Å². The molecule has 3 N–H and O–H groups in total. The first-order valence-corrected chi connectivity index (χ1v) is 10.2. The third-order valence-electron chi connectivity index (χ3n) is 4.40. The summed E-state index contributed by atoms with van der Waals surface area (Å²) in [5.41, 5.74) is 3.06. The van der Waals surface area contributed by atoms with Gasteiger partial charge >= 0.3 is 6.03 Å². The molecule has 0 spiro atoms. The van der Waals surface area contributed by atoms with Crippen LogP contribution in [0.25, 0.3) is 0 Å². The zero-order chi connectivity index (χ0) is 22.5. The fourth-order valence-corrected chi connectivity index (χ4v) is 3.14. The Kier molecular flexibility index (Phi) is 6.37. The Balaban J connectivity index is 1.51. The molecule has 0 saturated carbocycles. The number of rotatable bonds is 4. The Morgan fingerprint density at radius 2 is 1.72 bits per heavy atom. The maximum Gasteiger partial charge on any atom is 0.326 e. The van der Waals surface area contributed by atoms with Crippen LogP contribution in [0, 0.1) is 13.8 Å². The first-order valence-electron chi connectivity index (χ1n) is 9.80. The molecule has 0 aliphatic carbocycles. The first kappa shape index (κ1) is 21.4. The van der Waals surface area contributed by atoms with Gasteiger partial charge in [-0.3, -0.25) is 10.6 Å². The molecule has 3 aromatic rings. The number of guanidine groups is 1. The quantitative estimate of drug-likeness (QED) is 0.403. The third kappa shape index (κ3) is 5.64. The number of aryl methyl sites for hydroxylation is 2. The number of amides is 2. The van der Waals surface area contributed by atoms with Crippen molar-refractivity contribution in [2.24, 2.45) is 4.99 Å². The molecule has 0 atom stereocenters. The molecule has 1 aromatic heterocycles. The molecule has 0 radical (unpaired) electrons. The van der Waals surface area contributed by atoms with Gasteiger partial charge in [0, 0.05) is 22.1 Å². The highest BCUT2D eigenvalue weighted by Gasteiger charge is 2.14. The van der Waals surface area contributed by atoms with Crippen molar-refractivity contribution >= 4 is 35.2 Å². The van der Waals surface area contributed by atoms with E-state index in [0.717, 1.165) is 17.0 Å². The molecule has 32 heavy (non-hydrogen) atoms. The minimum absolute atomic E-state index is 0.194. The van der Waals surface area contributed by atoms with E-state index in [-0.39, 0.29) is 19.3 Å². The van der Waals surface area contributed by atoms with Crippen molar-refractivity contribution in [2.45, 2.75) is 20.4 Å². The molecule has 2 heterocycles. The average molecular weight is 453 g/mol. The highest BCUT2D eigenvalue weighted by Crippen LogP contribution is 2.32. The van der Waals surface area contributed by atoms with E-state index in [4.69, 9.17) is 21.1 Å². The lowest BCUT2D eigenvalue weighted by Crippen LogP contribution is -2.39. The summed E-state index contributed by atoms with van der Waals surface area (Å²) in [7, 11) is 0. The van der Waals surface area contributed by atoms with Crippen molar-refractivity contribution < 1.29 is 14.3 Å². The van der Waals surface area contributed by atoms with Gasteiger partial charge in [0.15, 0.2) is 11.5 Å². The summed E-state index contributed by atoms with van der Waals surface area (Å²) in [5.74, 6) is 1.89. The predicted octanol–water partition coefficient (Wildman–Crippen LogP) is 4.27. The maximum atomic E-state index is 12.5. The largest absolute Gasteiger partial charge is 0.454 e. The predicted molar refractivity (Wildman–Crippen MR) is 122 cm³/mol. The highest BCUT2D eigenvalue weighted by atomic mass is 35.5. The number of nitrogens with zero attached hydrogens (tertiary/aromatic N) is 3. The van der Waals surface area contributed by atoms with Crippen LogP contribution < -0.4 is 25.4 Å². The van der Waals surface area contributed by atoms with Crippen LogP contribution in [0.2, 0.25) is 5.02 Å². The summed E-state index contributed by atoms with van der Waals surface area (Å²) in [5, 5.41) is 9.01. The molecule has 0 bridgehead atoms. The van der Waals surface area contributed by atoms with Crippen LogP contribution in [0.3, 0.4) is 0 Å². The molecule has 10 heteroatoms. The van der Waals surface area contributed by atoms with Gasteiger partial charge in [-0.2, -0.15) is 0 Å². The van der Waals surface area contributed by atoms with Gasteiger partial charge < -0.3 is 14.8 Å². The number of ether oxygens (including phenoxy) is 2. The second kappa shape index (κ2) is 9.52. The van der Waals surface area contributed by atoms with Crippen molar-refractivity contribution in [2.75, 3.05) is 17.4 Å². The minimum Gasteiger partial charge on any atom is -0.454 e. The Morgan fingerprint density at radius 1 is 1.00 bits per heavy atom. The van der Waals surface area contributed by atoms with Gasteiger partial charge in [0.1, 0.15) is 0 Å². The van der Waals surface area contributed by atoms with Crippen molar-refractivity contribution in [3.8, 4) is 11.5 Å². The number of benzene rings is 2. The Hall–Kier alpha value is -3.85. The van der Waals surface area contributed by atoms with Crippen LogP contribution >= 0.6 is 11.6 Å². The number of nitrogens with one attached hydrogen (secondary N) is 3. The van der Waals surface area contributed by atoms with E-state index in [2.05, 4.69) is 30.9 Å². The Labute approximate surface area is 189 Å². The van der Waals surface area contributed by atoms with Crippen LogP contribution in [0.4, 0.5) is 16.4 Å². The molecule has 164 valence electrons. The summed E-state index contributed by atoms with van der Waals surface area (Å²) in [6.45, 7) is 4.21. The number of aromatic nitrogens is 2. The fraction of sp³-hybridized carbons (Fsp3) is 0.182. The third-order valence-corrected chi connectivity index (χ3v) is 4.66. The number of anilines is 2. The second-order valence-electron chi connectivity index (χ2n) is 7.04. The van der Waals surface area contributed by atoms with Crippen molar-refractivity contribution in [1.29, 1.82) is 0 Å². The summed E-state index contributed by atoms with van der Waals surface area (Å²) >= 11 is 5.89. The number of aliphatic imine (C=N–C) groups is 1. The number of carbonyl (C=O) groups is 1. The number of hydrogen-bond donors (Lipinski definition) is 3. The van der Waals surface area contributed by atoms with E-state index in [9.17, 15) is 4.79 Å². The molecule has 4 rings (SSSR count). The lowest BCUT2D eigenvalue weighted by Gasteiger charge is -2.12. The van der Waals surface area contributed by atoms with Gasteiger partial charge in [-0.05, 0) is 61.9 Å². The zero-order valence-electron chi connectivity index (χ0n) is 17.5. The summed E-state index contributed by atoms with van der Waals surface area (Å²) in [6, 6.07) is 13.7. The number of fused-ring (bicyclic) bond motifs is 1. The molecule has 2 amide bonds. The van der Waals surface area contributed by atoms with E-state index in [0.29, 0.717) is 28.2 Å². The molecular formula is C22H21ClN6O3. The topological polar surface area (TPSA) is 110 Å². The average Bonchev–Trinajstić information content (AvgIpc) is 3.21. The number of carbonyl (C=O) groups excluding carboxylic acids is 1. The molecule has 1 aliphatic heterocycles. The van der Waals surface area contributed by atoms with Gasteiger partial charge in [0.2, 0.25) is 18.7 Å². The minimum atomic E-state index is -0.478. The monoisotopic (exact) mass is 452 g/mol. The highest BCUT2D eigenvalue weighted by molar-refractivity contribution is 6.30. The molecule has 0 fully saturated rings. The number of urea groups is 1. The molecular weight excluding hydrogens is 432 g/mol. The maximum absolute atomic E-state index is 12.5. The summed E-state index contributed by atoms with van der Waals surface area (Å²) < 4.78 is 10.7. The normalized spacial score (nSPS) is 12.4.